The summed E-state index contributed by atoms with van der Waals surface area (Å²) in [5, 5.41) is 0. The van der Waals surface area contributed by atoms with E-state index in [0.717, 1.165) is 19.5 Å². The smallest absolute Gasteiger partial charge is 0.350 e. The highest BCUT2D eigenvalue weighted by atomic mass is 19.4. The number of methoxy groups -OCH3 is 2. The molecule has 128 valence electrons. The molecule has 1 aliphatic carbocycles. The molecule has 3 rings (SSSR count). The van der Waals surface area contributed by atoms with Crippen LogP contribution in [0.15, 0.2) is 12.3 Å². The molecule has 7 heteroatoms. The number of pyridine rings is 1. The zero-order valence-electron chi connectivity index (χ0n) is 13.3. The Labute approximate surface area is 133 Å². The number of aromatic nitrogens is 1. The van der Waals surface area contributed by atoms with Gasteiger partial charge >= 0.3 is 6.18 Å². The lowest BCUT2D eigenvalue weighted by atomic mass is 10.1. The molecule has 23 heavy (non-hydrogen) atoms. The fraction of sp³-hybridized carbons (Fsp3) is 0.688. The summed E-state index contributed by atoms with van der Waals surface area (Å²) in [7, 11) is 2.59. The van der Waals surface area contributed by atoms with E-state index in [2.05, 4.69) is 9.88 Å². The van der Waals surface area contributed by atoms with E-state index < -0.39 is 18.0 Å². The van der Waals surface area contributed by atoms with E-state index in [4.69, 9.17) is 9.47 Å². The largest absolute Gasteiger partial charge is 0.418 e. The Morgan fingerprint density at radius 3 is 2.48 bits per heavy atom. The van der Waals surface area contributed by atoms with Gasteiger partial charge < -0.3 is 9.47 Å². The monoisotopic (exact) mass is 330 g/mol. The van der Waals surface area contributed by atoms with Crippen LogP contribution in [0.2, 0.25) is 0 Å². The van der Waals surface area contributed by atoms with Gasteiger partial charge in [0.15, 0.2) is 0 Å². The SMILES string of the molecule is COC(OC)c1ncc(CN2CCC3(CC3)C2)cc1C(F)(F)F. The number of nitrogens with zero attached hydrogens (tertiary/aromatic N) is 2. The van der Waals surface area contributed by atoms with E-state index in [1.807, 2.05) is 0 Å². The molecule has 0 radical (unpaired) electrons. The van der Waals surface area contributed by atoms with Crippen LogP contribution in [0.4, 0.5) is 13.2 Å². The molecule has 1 aliphatic heterocycles. The molecule has 0 amide bonds. The first-order chi connectivity index (χ1) is 10.9. The number of rotatable bonds is 5. The molecule has 1 saturated heterocycles. The molecule has 1 saturated carbocycles. The number of hydrogen-bond donors (Lipinski definition) is 0. The summed E-state index contributed by atoms with van der Waals surface area (Å²) in [6, 6.07) is 1.17. The van der Waals surface area contributed by atoms with Gasteiger partial charge in [0.25, 0.3) is 0 Å². The highest BCUT2D eigenvalue weighted by Crippen LogP contribution is 2.52. The quantitative estimate of drug-likeness (QED) is 0.775. The second-order valence-electron chi connectivity index (χ2n) is 6.54. The van der Waals surface area contributed by atoms with E-state index in [9.17, 15) is 13.2 Å². The molecule has 0 bridgehead atoms. The fourth-order valence-electron chi connectivity index (χ4n) is 3.35. The number of alkyl halides is 3. The summed E-state index contributed by atoms with van der Waals surface area (Å²) in [4.78, 5) is 6.20. The van der Waals surface area contributed by atoms with Crippen molar-refractivity contribution in [2.24, 2.45) is 5.41 Å². The topological polar surface area (TPSA) is 34.6 Å². The van der Waals surface area contributed by atoms with Crippen molar-refractivity contribution in [1.82, 2.24) is 9.88 Å². The maximum Gasteiger partial charge on any atom is 0.418 e. The normalized spacial score (nSPS) is 20.6. The third-order valence-corrected chi connectivity index (χ3v) is 4.81. The molecule has 1 aromatic rings. The lowest BCUT2D eigenvalue weighted by molar-refractivity contribution is -0.149. The Morgan fingerprint density at radius 1 is 1.26 bits per heavy atom. The van der Waals surface area contributed by atoms with E-state index in [1.54, 1.807) is 0 Å². The van der Waals surface area contributed by atoms with E-state index in [-0.39, 0.29) is 5.69 Å². The minimum Gasteiger partial charge on any atom is -0.350 e. The molecule has 0 unspecified atom stereocenters. The molecule has 2 heterocycles. The van der Waals surface area contributed by atoms with Gasteiger partial charge in [-0.15, -0.1) is 0 Å². The van der Waals surface area contributed by atoms with Gasteiger partial charge in [0, 0.05) is 33.5 Å². The minimum absolute atomic E-state index is 0.230. The summed E-state index contributed by atoms with van der Waals surface area (Å²) < 4.78 is 49.9. The van der Waals surface area contributed by atoms with Crippen molar-refractivity contribution in [2.75, 3.05) is 27.3 Å². The van der Waals surface area contributed by atoms with Crippen LogP contribution in [0, 0.1) is 5.41 Å². The van der Waals surface area contributed by atoms with Crippen LogP contribution in [-0.2, 0) is 22.2 Å². The standard InChI is InChI=1S/C16H21F3N2O2/c1-22-14(23-2)13-12(16(17,18)19)7-11(8-20-13)9-21-6-5-15(10-21)3-4-15/h7-8,14H,3-6,9-10H2,1-2H3. The second kappa shape index (κ2) is 6.03. The first-order valence-corrected chi connectivity index (χ1v) is 7.71. The summed E-state index contributed by atoms with van der Waals surface area (Å²) >= 11 is 0. The van der Waals surface area contributed by atoms with Gasteiger partial charge in [-0.2, -0.15) is 13.2 Å². The average molecular weight is 330 g/mol. The Kier molecular flexibility index (Phi) is 4.37. The highest BCUT2D eigenvalue weighted by molar-refractivity contribution is 5.29. The van der Waals surface area contributed by atoms with Crippen LogP contribution < -0.4 is 0 Å². The van der Waals surface area contributed by atoms with Crippen molar-refractivity contribution in [3.63, 3.8) is 0 Å². The van der Waals surface area contributed by atoms with Crippen molar-refractivity contribution in [1.29, 1.82) is 0 Å². The van der Waals surface area contributed by atoms with Crippen LogP contribution in [0.25, 0.3) is 0 Å². The maximum atomic E-state index is 13.3. The summed E-state index contributed by atoms with van der Waals surface area (Å²) in [6.45, 7) is 2.43. The number of halogens is 3. The van der Waals surface area contributed by atoms with Crippen molar-refractivity contribution >= 4 is 0 Å². The van der Waals surface area contributed by atoms with Gasteiger partial charge in [0.1, 0.15) is 5.69 Å². The van der Waals surface area contributed by atoms with Crippen molar-refractivity contribution in [2.45, 2.75) is 38.3 Å². The lowest BCUT2D eigenvalue weighted by Gasteiger charge is -2.21. The van der Waals surface area contributed by atoms with Crippen LogP contribution in [0.3, 0.4) is 0 Å². The van der Waals surface area contributed by atoms with Gasteiger partial charge in [0.05, 0.1) is 5.56 Å². The fourth-order valence-corrected chi connectivity index (χ4v) is 3.35. The van der Waals surface area contributed by atoms with E-state index in [0.29, 0.717) is 17.5 Å². The van der Waals surface area contributed by atoms with Crippen LogP contribution in [-0.4, -0.2) is 37.2 Å². The Morgan fingerprint density at radius 2 is 1.96 bits per heavy atom. The molecule has 2 aliphatic rings. The molecular weight excluding hydrogens is 309 g/mol. The van der Waals surface area contributed by atoms with Gasteiger partial charge in [-0.1, -0.05) is 0 Å². The second-order valence-corrected chi connectivity index (χ2v) is 6.54. The third kappa shape index (κ3) is 3.51. The lowest BCUT2D eigenvalue weighted by Crippen LogP contribution is -2.22. The van der Waals surface area contributed by atoms with Gasteiger partial charge in [-0.25, -0.2) is 0 Å². The zero-order valence-corrected chi connectivity index (χ0v) is 13.3. The van der Waals surface area contributed by atoms with Gasteiger partial charge in [-0.05, 0) is 42.9 Å². The molecule has 0 aromatic carbocycles. The minimum atomic E-state index is -4.49. The molecule has 1 aromatic heterocycles. The Hall–Kier alpha value is -1.18. The zero-order chi connectivity index (χ0) is 16.7. The molecule has 0 atom stereocenters. The number of ether oxygens (including phenoxy) is 2. The maximum absolute atomic E-state index is 13.3. The van der Waals surface area contributed by atoms with Crippen LogP contribution >= 0.6 is 0 Å². The first-order valence-electron chi connectivity index (χ1n) is 7.71. The van der Waals surface area contributed by atoms with Crippen LogP contribution in [0.1, 0.15) is 42.4 Å². The summed E-state index contributed by atoms with van der Waals surface area (Å²) in [5.74, 6) is 0. The molecule has 1 spiro atoms. The van der Waals surface area contributed by atoms with Gasteiger partial charge in [-0.3, -0.25) is 9.88 Å². The average Bonchev–Trinajstić information content (AvgIpc) is 3.14. The summed E-state index contributed by atoms with van der Waals surface area (Å²) in [5.41, 5.74) is 0.0114. The Bertz CT molecular complexity index is 569. The first kappa shape index (κ1) is 16.7. The van der Waals surface area contributed by atoms with Crippen molar-refractivity contribution in [3.05, 3.63) is 29.1 Å². The molecule has 0 N–H and O–H groups in total. The molecule has 2 fully saturated rings. The number of likely N-dealkylation sites (tertiary alicyclic amines) is 1. The van der Waals surface area contributed by atoms with Crippen molar-refractivity contribution < 1.29 is 22.6 Å². The Balaban J connectivity index is 1.82. The van der Waals surface area contributed by atoms with E-state index >= 15 is 0 Å². The van der Waals surface area contributed by atoms with E-state index in [1.165, 1.54) is 39.3 Å². The molecule has 4 nitrogen and oxygen atoms in total. The summed E-state index contributed by atoms with van der Waals surface area (Å²) in [6.07, 6.45) is -0.471. The van der Waals surface area contributed by atoms with Crippen molar-refractivity contribution in [3.8, 4) is 0 Å². The van der Waals surface area contributed by atoms with Gasteiger partial charge in [0.2, 0.25) is 6.29 Å². The predicted octanol–water partition coefficient (Wildman–Crippen LogP) is 3.38. The highest BCUT2D eigenvalue weighted by Gasteiger charge is 2.47. The third-order valence-electron chi connectivity index (χ3n) is 4.81. The van der Waals surface area contributed by atoms with Crippen LogP contribution in [0.5, 0.6) is 0 Å². The number of hydrogen-bond acceptors (Lipinski definition) is 4. The molecular formula is C16H21F3N2O2. The predicted molar refractivity (Wildman–Crippen MR) is 77.6 cm³/mol.